The van der Waals surface area contributed by atoms with Crippen molar-refractivity contribution in [2.45, 2.75) is 58.4 Å². The number of hydrogen-bond donors (Lipinski definition) is 1. The summed E-state index contributed by atoms with van der Waals surface area (Å²) >= 11 is 2.02. The maximum Gasteiger partial charge on any atom is 0.0669 e. The number of nitrogens with one attached hydrogen (secondary N) is 1. The van der Waals surface area contributed by atoms with Crippen LogP contribution in [-0.4, -0.2) is 19.8 Å². The van der Waals surface area contributed by atoms with Crippen molar-refractivity contribution in [3.63, 3.8) is 0 Å². The second-order valence-electron chi connectivity index (χ2n) is 5.32. The van der Waals surface area contributed by atoms with E-state index < -0.39 is 0 Å². The average molecular weight is 281 g/mol. The van der Waals surface area contributed by atoms with Gasteiger partial charge in [-0.3, -0.25) is 0 Å². The molecule has 2 rings (SSSR count). The third kappa shape index (κ3) is 4.30. The first-order valence-electron chi connectivity index (χ1n) is 7.77. The van der Waals surface area contributed by atoms with Crippen LogP contribution in [0.2, 0.25) is 0 Å². The van der Waals surface area contributed by atoms with Crippen LogP contribution in [0.1, 0.15) is 60.9 Å². The van der Waals surface area contributed by atoms with Crippen LogP contribution in [0.4, 0.5) is 0 Å². The summed E-state index contributed by atoms with van der Waals surface area (Å²) in [6.07, 6.45) is 7.87. The molecule has 0 aliphatic heterocycles. The van der Waals surface area contributed by atoms with Crippen LogP contribution in [-0.2, 0) is 17.6 Å². The highest BCUT2D eigenvalue weighted by Gasteiger charge is 2.18. The normalized spacial score (nSPS) is 16.9. The van der Waals surface area contributed by atoms with Gasteiger partial charge in [0.05, 0.1) is 12.6 Å². The Bertz CT molecular complexity index is 343. The Morgan fingerprint density at radius 1 is 1.26 bits per heavy atom. The molecular weight excluding hydrogens is 254 g/mol. The summed E-state index contributed by atoms with van der Waals surface area (Å²) < 4.78 is 5.65. The van der Waals surface area contributed by atoms with Gasteiger partial charge in [0.25, 0.3) is 0 Å². The quantitative estimate of drug-likeness (QED) is 0.760. The minimum absolute atomic E-state index is 0.386. The van der Waals surface area contributed by atoms with Crippen LogP contribution in [0.5, 0.6) is 0 Å². The van der Waals surface area contributed by atoms with E-state index in [1.54, 1.807) is 10.4 Å². The number of fused-ring (bicyclic) bond motifs is 1. The molecule has 1 aromatic rings. The minimum atomic E-state index is 0.386. The third-order valence-electron chi connectivity index (χ3n) is 3.74. The van der Waals surface area contributed by atoms with E-state index in [1.165, 1.54) is 43.4 Å². The van der Waals surface area contributed by atoms with Crippen molar-refractivity contribution in [2.75, 3.05) is 19.8 Å². The van der Waals surface area contributed by atoms with Gasteiger partial charge in [0.15, 0.2) is 0 Å². The molecule has 0 radical (unpaired) electrons. The minimum Gasteiger partial charge on any atom is -0.380 e. The lowest BCUT2D eigenvalue weighted by Crippen LogP contribution is -2.25. The Balaban J connectivity index is 2.07. The molecule has 2 nitrogen and oxygen atoms in total. The van der Waals surface area contributed by atoms with Crippen molar-refractivity contribution in [2.24, 2.45) is 0 Å². The number of aryl methyl sites for hydroxylation is 2. The lowest BCUT2D eigenvalue weighted by Gasteiger charge is -2.16. The van der Waals surface area contributed by atoms with Crippen LogP contribution < -0.4 is 5.32 Å². The summed E-state index contributed by atoms with van der Waals surface area (Å²) in [4.78, 5) is 3.11. The number of thiophene rings is 1. The average Bonchev–Trinajstić information content (AvgIpc) is 2.70. The van der Waals surface area contributed by atoms with E-state index in [-0.39, 0.29) is 0 Å². The number of hydrogen-bond acceptors (Lipinski definition) is 3. The molecule has 0 amide bonds. The number of ether oxygens (including phenoxy) is 1. The second kappa shape index (κ2) is 8.03. The summed E-state index contributed by atoms with van der Waals surface area (Å²) in [5, 5.41) is 3.63. The molecule has 19 heavy (non-hydrogen) atoms. The standard InChI is InChI=1S/C16H27NOS/c1-3-10-17-14(12-18-4-2)16-11-13-8-6-5-7-9-15(13)19-16/h11,14,17H,3-10,12H2,1-2H3. The zero-order valence-electron chi connectivity index (χ0n) is 12.3. The van der Waals surface area contributed by atoms with E-state index in [0.717, 1.165) is 19.8 Å². The monoisotopic (exact) mass is 281 g/mol. The highest BCUT2D eigenvalue weighted by atomic mass is 32.1. The molecular formula is C16H27NOS. The SMILES string of the molecule is CCCNC(COCC)c1cc2c(s1)CCCCC2. The first-order valence-corrected chi connectivity index (χ1v) is 8.59. The van der Waals surface area contributed by atoms with Gasteiger partial charge in [-0.2, -0.15) is 0 Å². The first kappa shape index (κ1) is 15.0. The van der Waals surface area contributed by atoms with E-state index in [4.69, 9.17) is 4.74 Å². The van der Waals surface area contributed by atoms with E-state index in [2.05, 4.69) is 25.2 Å². The Hall–Kier alpha value is -0.380. The van der Waals surface area contributed by atoms with Gasteiger partial charge >= 0.3 is 0 Å². The molecule has 0 aromatic carbocycles. The van der Waals surface area contributed by atoms with Crippen molar-refractivity contribution in [1.82, 2.24) is 5.32 Å². The summed E-state index contributed by atoms with van der Waals surface area (Å²) in [5.41, 5.74) is 1.61. The molecule has 1 unspecified atom stereocenters. The molecule has 108 valence electrons. The molecule has 0 fully saturated rings. The van der Waals surface area contributed by atoms with Gasteiger partial charge in [-0.05, 0) is 57.2 Å². The fraction of sp³-hybridized carbons (Fsp3) is 0.750. The summed E-state index contributed by atoms with van der Waals surface area (Å²) in [7, 11) is 0. The van der Waals surface area contributed by atoms with Crippen LogP contribution >= 0.6 is 11.3 Å². The van der Waals surface area contributed by atoms with Gasteiger partial charge in [-0.15, -0.1) is 11.3 Å². The fourth-order valence-electron chi connectivity index (χ4n) is 2.66. The number of rotatable bonds is 7. The Kier molecular flexibility index (Phi) is 6.35. The van der Waals surface area contributed by atoms with E-state index in [0.29, 0.717) is 6.04 Å². The van der Waals surface area contributed by atoms with Crippen molar-refractivity contribution in [1.29, 1.82) is 0 Å². The Morgan fingerprint density at radius 3 is 2.89 bits per heavy atom. The van der Waals surface area contributed by atoms with Crippen LogP contribution in [0.3, 0.4) is 0 Å². The van der Waals surface area contributed by atoms with E-state index in [9.17, 15) is 0 Å². The molecule has 1 aliphatic rings. The van der Waals surface area contributed by atoms with Crippen LogP contribution in [0.25, 0.3) is 0 Å². The predicted molar refractivity (Wildman–Crippen MR) is 83.1 cm³/mol. The Labute approximate surface area is 121 Å². The zero-order valence-corrected chi connectivity index (χ0v) is 13.2. The summed E-state index contributed by atoms with van der Waals surface area (Å²) in [6, 6.07) is 2.83. The fourth-order valence-corrected chi connectivity index (χ4v) is 3.98. The van der Waals surface area contributed by atoms with Crippen molar-refractivity contribution in [3.8, 4) is 0 Å². The highest BCUT2D eigenvalue weighted by Crippen LogP contribution is 2.32. The molecule has 0 saturated carbocycles. The lowest BCUT2D eigenvalue weighted by molar-refractivity contribution is 0.124. The van der Waals surface area contributed by atoms with Crippen molar-refractivity contribution < 1.29 is 4.74 Å². The first-order chi connectivity index (χ1) is 9.35. The van der Waals surface area contributed by atoms with Gasteiger partial charge in [-0.25, -0.2) is 0 Å². The maximum atomic E-state index is 5.65. The smallest absolute Gasteiger partial charge is 0.0669 e. The third-order valence-corrected chi connectivity index (χ3v) is 5.09. The van der Waals surface area contributed by atoms with Crippen molar-refractivity contribution >= 4 is 11.3 Å². The van der Waals surface area contributed by atoms with Crippen LogP contribution in [0.15, 0.2) is 6.07 Å². The van der Waals surface area contributed by atoms with Gasteiger partial charge in [-0.1, -0.05) is 13.3 Å². The molecule has 0 spiro atoms. The van der Waals surface area contributed by atoms with E-state index >= 15 is 0 Å². The lowest BCUT2D eigenvalue weighted by atomic mass is 10.1. The molecule has 1 N–H and O–H groups in total. The molecule has 1 heterocycles. The topological polar surface area (TPSA) is 21.3 Å². The molecule has 0 saturated heterocycles. The van der Waals surface area contributed by atoms with Crippen molar-refractivity contribution in [3.05, 3.63) is 21.4 Å². The van der Waals surface area contributed by atoms with Gasteiger partial charge in [0.2, 0.25) is 0 Å². The molecule has 3 heteroatoms. The second-order valence-corrected chi connectivity index (χ2v) is 6.49. The molecule has 1 aromatic heterocycles. The summed E-state index contributed by atoms with van der Waals surface area (Å²) in [5.74, 6) is 0. The Morgan fingerprint density at radius 2 is 2.11 bits per heavy atom. The highest BCUT2D eigenvalue weighted by molar-refractivity contribution is 7.12. The predicted octanol–water partition coefficient (Wildman–Crippen LogP) is 4.09. The van der Waals surface area contributed by atoms with Gasteiger partial charge in [0.1, 0.15) is 0 Å². The van der Waals surface area contributed by atoms with E-state index in [1.807, 2.05) is 11.3 Å². The van der Waals surface area contributed by atoms with Crippen LogP contribution in [0, 0.1) is 0 Å². The molecule has 1 atom stereocenters. The maximum absolute atomic E-state index is 5.65. The molecule has 1 aliphatic carbocycles. The largest absolute Gasteiger partial charge is 0.380 e. The van der Waals surface area contributed by atoms with Gasteiger partial charge in [0, 0.05) is 16.4 Å². The van der Waals surface area contributed by atoms with Gasteiger partial charge < -0.3 is 10.1 Å². The summed E-state index contributed by atoms with van der Waals surface area (Å²) in [6.45, 7) is 6.96. The molecule has 0 bridgehead atoms. The zero-order chi connectivity index (χ0) is 13.5.